The molecule has 6 heteroatoms. The average Bonchev–Trinajstić information content (AvgIpc) is 3.16. The van der Waals surface area contributed by atoms with Crippen LogP contribution in [0.15, 0.2) is 84.0 Å². The van der Waals surface area contributed by atoms with Gasteiger partial charge in [0.2, 0.25) is 0 Å². The molecular weight excluding hydrogens is 402 g/mol. The van der Waals surface area contributed by atoms with Crippen LogP contribution in [0.1, 0.15) is 17.0 Å². The molecule has 1 aromatic heterocycles. The molecule has 4 nitrogen and oxygen atoms in total. The highest BCUT2D eigenvalue weighted by atomic mass is 35.5. The zero-order chi connectivity index (χ0) is 20.1. The molecule has 29 heavy (non-hydrogen) atoms. The summed E-state index contributed by atoms with van der Waals surface area (Å²) >= 11 is 7.94. The molecule has 0 amide bonds. The van der Waals surface area contributed by atoms with Crippen LogP contribution >= 0.6 is 23.4 Å². The maximum atomic E-state index is 6.33. The van der Waals surface area contributed by atoms with Gasteiger partial charge in [0.05, 0.1) is 12.8 Å². The van der Waals surface area contributed by atoms with E-state index in [0.29, 0.717) is 12.2 Å². The smallest absolute Gasteiger partial charge is 0.196 e. The van der Waals surface area contributed by atoms with Crippen molar-refractivity contribution in [2.75, 3.05) is 7.11 Å². The fourth-order valence-corrected chi connectivity index (χ4v) is 4.35. The van der Waals surface area contributed by atoms with Gasteiger partial charge in [0.1, 0.15) is 11.6 Å². The van der Waals surface area contributed by atoms with Crippen LogP contribution in [0.2, 0.25) is 5.02 Å². The number of hydrogen-bond acceptors (Lipinski definition) is 4. The lowest BCUT2D eigenvalue weighted by atomic mass is 10.1. The van der Waals surface area contributed by atoms with Gasteiger partial charge in [-0.3, -0.25) is 4.57 Å². The van der Waals surface area contributed by atoms with Crippen molar-refractivity contribution in [3.8, 4) is 11.4 Å². The van der Waals surface area contributed by atoms with Crippen molar-refractivity contribution >= 4 is 23.4 Å². The van der Waals surface area contributed by atoms with Crippen molar-refractivity contribution in [1.82, 2.24) is 14.8 Å². The van der Waals surface area contributed by atoms with Crippen molar-refractivity contribution in [3.63, 3.8) is 0 Å². The van der Waals surface area contributed by atoms with E-state index in [1.165, 1.54) is 5.56 Å². The van der Waals surface area contributed by atoms with Gasteiger partial charge < -0.3 is 4.74 Å². The second-order valence-electron chi connectivity index (χ2n) is 6.45. The summed E-state index contributed by atoms with van der Waals surface area (Å²) in [7, 11) is 1.68. The summed E-state index contributed by atoms with van der Waals surface area (Å²) in [4.78, 5) is 0. The summed E-state index contributed by atoms with van der Waals surface area (Å²) < 4.78 is 7.68. The third kappa shape index (κ3) is 4.47. The maximum absolute atomic E-state index is 6.33. The Balaban J connectivity index is 1.72. The highest BCUT2D eigenvalue weighted by molar-refractivity contribution is 7.98. The maximum Gasteiger partial charge on any atom is 0.196 e. The molecule has 146 valence electrons. The van der Waals surface area contributed by atoms with Gasteiger partial charge in [0, 0.05) is 17.2 Å². The molecule has 1 heterocycles. The van der Waals surface area contributed by atoms with Crippen molar-refractivity contribution in [3.05, 3.63) is 101 Å². The summed E-state index contributed by atoms with van der Waals surface area (Å²) in [5.41, 5.74) is 3.17. The highest BCUT2D eigenvalue weighted by Crippen LogP contribution is 2.32. The van der Waals surface area contributed by atoms with E-state index in [0.717, 1.165) is 33.0 Å². The summed E-state index contributed by atoms with van der Waals surface area (Å²) in [5, 5.41) is 10.6. The molecular formula is C23H20ClN3OS. The number of ether oxygens (including phenoxy) is 1. The third-order valence-electron chi connectivity index (χ3n) is 4.55. The first-order valence-electron chi connectivity index (χ1n) is 9.24. The summed E-state index contributed by atoms with van der Waals surface area (Å²) in [5.74, 6) is 2.35. The predicted octanol–water partition coefficient (Wildman–Crippen LogP) is 5.81. The van der Waals surface area contributed by atoms with Gasteiger partial charge in [-0.15, -0.1) is 10.2 Å². The van der Waals surface area contributed by atoms with Gasteiger partial charge in [0.25, 0.3) is 0 Å². The first kappa shape index (κ1) is 19.6. The standard InChI is InChI=1S/C23H20ClN3OS/c1-28-21-14-8-7-13-20(21)27-22(15-17-9-3-2-4-10-17)25-26-23(27)29-16-18-11-5-6-12-19(18)24/h2-14H,15-16H2,1H3. The third-order valence-corrected chi connectivity index (χ3v) is 5.89. The highest BCUT2D eigenvalue weighted by Gasteiger charge is 2.18. The average molecular weight is 422 g/mol. The van der Waals surface area contributed by atoms with Crippen LogP contribution in [-0.4, -0.2) is 21.9 Å². The van der Waals surface area contributed by atoms with Crippen molar-refractivity contribution in [1.29, 1.82) is 0 Å². The molecule has 0 aliphatic carbocycles. The van der Waals surface area contributed by atoms with E-state index in [1.807, 2.05) is 66.7 Å². The SMILES string of the molecule is COc1ccccc1-n1c(Cc2ccccc2)nnc1SCc1ccccc1Cl. The van der Waals surface area contributed by atoms with Crippen LogP contribution in [-0.2, 0) is 12.2 Å². The molecule has 0 N–H and O–H groups in total. The summed E-state index contributed by atoms with van der Waals surface area (Å²) in [6.07, 6.45) is 0.679. The van der Waals surface area contributed by atoms with Crippen molar-refractivity contribution in [2.45, 2.75) is 17.3 Å². The van der Waals surface area contributed by atoms with Crippen LogP contribution in [0.4, 0.5) is 0 Å². The molecule has 0 radical (unpaired) electrons. The van der Waals surface area contributed by atoms with E-state index in [4.69, 9.17) is 16.3 Å². The first-order valence-corrected chi connectivity index (χ1v) is 10.6. The predicted molar refractivity (Wildman–Crippen MR) is 118 cm³/mol. The van der Waals surface area contributed by atoms with Gasteiger partial charge in [-0.2, -0.15) is 0 Å². The van der Waals surface area contributed by atoms with Gasteiger partial charge in [-0.25, -0.2) is 0 Å². The van der Waals surface area contributed by atoms with Crippen LogP contribution < -0.4 is 4.74 Å². The Morgan fingerprint density at radius 3 is 2.41 bits per heavy atom. The van der Waals surface area contributed by atoms with E-state index in [2.05, 4.69) is 26.9 Å². The fraction of sp³-hybridized carbons (Fsp3) is 0.130. The number of thioether (sulfide) groups is 1. The Morgan fingerprint density at radius 2 is 1.62 bits per heavy atom. The molecule has 0 saturated heterocycles. The number of benzene rings is 3. The Labute approximate surface area is 179 Å². The van der Waals surface area contributed by atoms with E-state index in [-0.39, 0.29) is 0 Å². The lowest BCUT2D eigenvalue weighted by Gasteiger charge is -2.14. The summed E-state index contributed by atoms with van der Waals surface area (Å²) in [6, 6.07) is 26.1. The van der Waals surface area contributed by atoms with Crippen molar-refractivity contribution in [2.24, 2.45) is 0 Å². The van der Waals surface area contributed by atoms with Gasteiger partial charge in [-0.1, -0.05) is 84.0 Å². The van der Waals surface area contributed by atoms with E-state index >= 15 is 0 Å². The van der Waals surface area contributed by atoms with E-state index in [9.17, 15) is 0 Å². The molecule has 0 atom stereocenters. The lowest BCUT2D eigenvalue weighted by Crippen LogP contribution is -2.05. The molecule has 4 aromatic rings. The van der Waals surface area contributed by atoms with Gasteiger partial charge in [0.15, 0.2) is 5.16 Å². The minimum Gasteiger partial charge on any atom is -0.495 e. The second-order valence-corrected chi connectivity index (χ2v) is 7.80. The Morgan fingerprint density at radius 1 is 0.897 bits per heavy atom. The quantitative estimate of drug-likeness (QED) is 0.353. The molecule has 3 aromatic carbocycles. The molecule has 0 aliphatic rings. The Bertz CT molecular complexity index is 1100. The molecule has 0 bridgehead atoms. The molecule has 0 aliphatic heterocycles. The lowest BCUT2D eigenvalue weighted by molar-refractivity contribution is 0.411. The normalized spacial score (nSPS) is 10.8. The number of aromatic nitrogens is 3. The minimum atomic E-state index is 0.679. The number of para-hydroxylation sites is 2. The Kier molecular flexibility index (Phi) is 6.17. The second kappa shape index (κ2) is 9.16. The largest absolute Gasteiger partial charge is 0.495 e. The zero-order valence-electron chi connectivity index (χ0n) is 16.0. The monoisotopic (exact) mass is 421 g/mol. The first-order chi connectivity index (χ1) is 14.3. The van der Waals surface area contributed by atoms with E-state index < -0.39 is 0 Å². The topological polar surface area (TPSA) is 39.9 Å². The molecule has 0 unspecified atom stereocenters. The molecule has 0 fully saturated rings. The molecule has 0 spiro atoms. The van der Waals surface area contributed by atoms with Crippen molar-refractivity contribution < 1.29 is 4.74 Å². The van der Waals surface area contributed by atoms with Crippen LogP contribution in [0.5, 0.6) is 5.75 Å². The van der Waals surface area contributed by atoms with Crippen LogP contribution in [0, 0.1) is 0 Å². The zero-order valence-corrected chi connectivity index (χ0v) is 17.5. The summed E-state index contributed by atoms with van der Waals surface area (Å²) in [6.45, 7) is 0. The van der Waals surface area contributed by atoms with Crippen LogP contribution in [0.3, 0.4) is 0 Å². The minimum absolute atomic E-state index is 0.679. The van der Waals surface area contributed by atoms with Gasteiger partial charge in [-0.05, 0) is 29.3 Å². The number of hydrogen-bond donors (Lipinski definition) is 0. The number of methoxy groups -OCH3 is 1. The number of halogens is 1. The van der Waals surface area contributed by atoms with Crippen LogP contribution in [0.25, 0.3) is 5.69 Å². The Hall–Kier alpha value is -2.76. The number of nitrogens with zero attached hydrogens (tertiary/aromatic N) is 3. The number of rotatable bonds is 7. The fourth-order valence-electron chi connectivity index (χ4n) is 3.10. The van der Waals surface area contributed by atoms with Gasteiger partial charge >= 0.3 is 0 Å². The molecule has 4 rings (SSSR count). The van der Waals surface area contributed by atoms with E-state index in [1.54, 1.807) is 18.9 Å². The molecule has 0 saturated carbocycles.